The Kier molecular flexibility index (Phi) is 5.69. The van der Waals surface area contributed by atoms with Crippen molar-refractivity contribution in [2.45, 2.75) is 6.92 Å². The molecule has 4 rings (SSSR count). The van der Waals surface area contributed by atoms with Gasteiger partial charge in [-0.05, 0) is 43.3 Å². The van der Waals surface area contributed by atoms with Crippen LogP contribution in [0, 0.1) is 5.82 Å². The van der Waals surface area contributed by atoms with Gasteiger partial charge < -0.3 is 19.9 Å². The predicted molar refractivity (Wildman–Crippen MR) is 112 cm³/mol. The van der Waals surface area contributed by atoms with E-state index in [1.807, 2.05) is 43.3 Å². The molecule has 7 nitrogen and oxygen atoms in total. The van der Waals surface area contributed by atoms with Crippen LogP contribution in [0.1, 0.15) is 6.92 Å². The molecule has 1 fully saturated rings. The van der Waals surface area contributed by atoms with Gasteiger partial charge in [0.25, 0.3) is 0 Å². The molecule has 2 heterocycles. The SMILES string of the molecule is CCOc1ccccc1Nc1nncc(N2CCN(c3ccc(F)cc3)CC2)n1. The van der Waals surface area contributed by atoms with Crippen LogP contribution in [0.3, 0.4) is 0 Å². The maximum atomic E-state index is 13.1. The van der Waals surface area contributed by atoms with Gasteiger partial charge in [-0.15, -0.1) is 5.10 Å². The summed E-state index contributed by atoms with van der Waals surface area (Å²) < 4.78 is 18.8. The van der Waals surface area contributed by atoms with Crippen LogP contribution in [-0.2, 0) is 0 Å². The van der Waals surface area contributed by atoms with Crippen molar-refractivity contribution in [2.75, 3.05) is 47.9 Å². The second-order valence-electron chi connectivity index (χ2n) is 6.64. The van der Waals surface area contributed by atoms with Gasteiger partial charge in [0.2, 0.25) is 5.95 Å². The van der Waals surface area contributed by atoms with Gasteiger partial charge in [0.05, 0.1) is 18.5 Å². The Morgan fingerprint density at radius 1 is 1.00 bits per heavy atom. The molecule has 1 N–H and O–H groups in total. The van der Waals surface area contributed by atoms with E-state index >= 15 is 0 Å². The Morgan fingerprint density at radius 2 is 1.72 bits per heavy atom. The summed E-state index contributed by atoms with van der Waals surface area (Å²) in [6.45, 7) is 5.77. The van der Waals surface area contributed by atoms with E-state index in [-0.39, 0.29) is 5.82 Å². The molecule has 1 saturated heterocycles. The van der Waals surface area contributed by atoms with Crippen LogP contribution < -0.4 is 19.9 Å². The fourth-order valence-electron chi connectivity index (χ4n) is 3.32. The zero-order valence-electron chi connectivity index (χ0n) is 16.3. The van der Waals surface area contributed by atoms with Crippen molar-refractivity contribution in [3.8, 4) is 5.75 Å². The molecule has 2 aromatic carbocycles. The third kappa shape index (κ3) is 4.53. The van der Waals surface area contributed by atoms with Gasteiger partial charge in [0, 0.05) is 31.9 Å². The molecule has 0 aliphatic carbocycles. The molecule has 0 unspecified atom stereocenters. The van der Waals surface area contributed by atoms with Crippen LogP contribution in [0.25, 0.3) is 0 Å². The van der Waals surface area contributed by atoms with Crippen LogP contribution in [0.5, 0.6) is 5.75 Å². The van der Waals surface area contributed by atoms with E-state index in [1.54, 1.807) is 6.20 Å². The van der Waals surface area contributed by atoms with Gasteiger partial charge in [0.15, 0.2) is 5.82 Å². The summed E-state index contributed by atoms with van der Waals surface area (Å²) in [5.74, 6) is 1.73. The summed E-state index contributed by atoms with van der Waals surface area (Å²) >= 11 is 0. The average molecular weight is 394 g/mol. The van der Waals surface area contributed by atoms with Crippen LogP contribution in [0.2, 0.25) is 0 Å². The van der Waals surface area contributed by atoms with Crippen molar-refractivity contribution in [1.82, 2.24) is 15.2 Å². The number of benzene rings is 2. The van der Waals surface area contributed by atoms with Crippen LogP contribution in [-0.4, -0.2) is 48.0 Å². The molecular formula is C21H23FN6O. The molecule has 1 aliphatic rings. The van der Waals surface area contributed by atoms with Crippen molar-refractivity contribution in [3.63, 3.8) is 0 Å². The Labute approximate surface area is 169 Å². The van der Waals surface area contributed by atoms with Crippen molar-refractivity contribution in [2.24, 2.45) is 0 Å². The average Bonchev–Trinajstić information content (AvgIpc) is 2.76. The van der Waals surface area contributed by atoms with E-state index in [0.717, 1.165) is 49.1 Å². The first kappa shape index (κ1) is 18.9. The van der Waals surface area contributed by atoms with Gasteiger partial charge in [-0.2, -0.15) is 10.1 Å². The van der Waals surface area contributed by atoms with E-state index in [2.05, 4.69) is 30.3 Å². The third-order valence-electron chi connectivity index (χ3n) is 4.77. The zero-order valence-corrected chi connectivity index (χ0v) is 16.3. The van der Waals surface area contributed by atoms with Crippen molar-refractivity contribution >= 4 is 23.1 Å². The molecule has 0 spiro atoms. The molecule has 29 heavy (non-hydrogen) atoms. The van der Waals surface area contributed by atoms with Gasteiger partial charge in [-0.1, -0.05) is 12.1 Å². The number of rotatable bonds is 6. The molecule has 0 atom stereocenters. The minimum atomic E-state index is -0.217. The molecule has 0 radical (unpaired) electrons. The van der Waals surface area contributed by atoms with E-state index in [9.17, 15) is 4.39 Å². The Hall–Kier alpha value is -3.42. The van der Waals surface area contributed by atoms with Crippen molar-refractivity contribution in [1.29, 1.82) is 0 Å². The number of anilines is 4. The summed E-state index contributed by atoms with van der Waals surface area (Å²) in [5, 5.41) is 11.4. The molecule has 150 valence electrons. The highest BCUT2D eigenvalue weighted by atomic mass is 19.1. The largest absolute Gasteiger partial charge is 0.492 e. The first-order valence-corrected chi connectivity index (χ1v) is 9.67. The number of nitrogens with one attached hydrogen (secondary N) is 1. The lowest BCUT2D eigenvalue weighted by molar-refractivity contribution is 0.342. The topological polar surface area (TPSA) is 66.4 Å². The molecule has 3 aromatic rings. The second kappa shape index (κ2) is 8.72. The Bertz CT molecular complexity index is 944. The lowest BCUT2D eigenvalue weighted by Crippen LogP contribution is -2.46. The molecule has 0 saturated carbocycles. The smallest absolute Gasteiger partial charge is 0.249 e. The molecule has 8 heteroatoms. The summed E-state index contributed by atoms with van der Waals surface area (Å²) in [6.07, 6.45) is 1.67. The lowest BCUT2D eigenvalue weighted by atomic mass is 10.2. The molecule has 0 amide bonds. The zero-order chi connectivity index (χ0) is 20.1. The highest BCUT2D eigenvalue weighted by Crippen LogP contribution is 2.26. The number of hydrogen-bond donors (Lipinski definition) is 1. The lowest BCUT2D eigenvalue weighted by Gasteiger charge is -2.36. The van der Waals surface area contributed by atoms with E-state index in [1.165, 1.54) is 12.1 Å². The molecule has 1 aliphatic heterocycles. The molecular weight excluding hydrogens is 371 g/mol. The minimum absolute atomic E-state index is 0.217. The number of nitrogens with zero attached hydrogens (tertiary/aromatic N) is 5. The number of para-hydroxylation sites is 2. The number of halogens is 1. The maximum absolute atomic E-state index is 13.1. The highest BCUT2D eigenvalue weighted by Gasteiger charge is 2.19. The van der Waals surface area contributed by atoms with Crippen LogP contribution in [0.15, 0.2) is 54.7 Å². The van der Waals surface area contributed by atoms with Crippen LogP contribution >= 0.6 is 0 Å². The normalized spacial score (nSPS) is 14.0. The molecule has 1 aromatic heterocycles. The van der Waals surface area contributed by atoms with Crippen molar-refractivity contribution < 1.29 is 9.13 Å². The van der Waals surface area contributed by atoms with E-state index in [0.29, 0.717) is 12.6 Å². The van der Waals surface area contributed by atoms with Crippen molar-refractivity contribution in [3.05, 3.63) is 60.5 Å². The third-order valence-corrected chi connectivity index (χ3v) is 4.77. The second-order valence-corrected chi connectivity index (χ2v) is 6.64. The maximum Gasteiger partial charge on any atom is 0.249 e. The summed E-state index contributed by atoms with van der Waals surface area (Å²) in [4.78, 5) is 9.03. The first-order chi connectivity index (χ1) is 14.2. The Morgan fingerprint density at radius 3 is 2.48 bits per heavy atom. The monoisotopic (exact) mass is 394 g/mol. The van der Waals surface area contributed by atoms with Gasteiger partial charge >= 0.3 is 0 Å². The van der Waals surface area contributed by atoms with Gasteiger partial charge in [0.1, 0.15) is 11.6 Å². The highest BCUT2D eigenvalue weighted by molar-refractivity contribution is 5.62. The number of piperazine rings is 1. The van der Waals surface area contributed by atoms with E-state index < -0.39 is 0 Å². The summed E-state index contributed by atoms with van der Waals surface area (Å²) in [7, 11) is 0. The predicted octanol–water partition coefficient (Wildman–Crippen LogP) is 3.48. The van der Waals surface area contributed by atoms with E-state index in [4.69, 9.17) is 4.74 Å². The van der Waals surface area contributed by atoms with Gasteiger partial charge in [-0.25, -0.2) is 4.39 Å². The number of aromatic nitrogens is 3. The fraction of sp³-hybridized carbons (Fsp3) is 0.286. The standard InChI is InChI=1S/C21H23FN6O/c1-2-29-19-6-4-3-5-18(19)24-21-25-20(15-23-26-21)28-13-11-27(12-14-28)17-9-7-16(22)8-10-17/h3-10,15H,2,11-14H2,1H3,(H,24,25,26). The Balaban J connectivity index is 1.42. The molecule has 0 bridgehead atoms. The van der Waals surface area contributed by atoms with Crippen LogP contribution in [0.4, 0.5) is 27.5 Å². The minimum Gasteiger partial charge on any atom is -0.492 e. The first-order valence-electron chi connectivity index (χ1n) is 9.67. The summed E-state index contributed by atoms with van der Waals surface area (Å²) in [5.41, 5.74) is 1.83. The quantitative estimate of drug-likeness (QED) is 0.687. The number of hydrogen-bond acceptors (Lipinski definition) is 7. The summed E-state index contributed by atoms with van der Waals surface area (Å²) in [6, 6.07) is 14.3. The fourth-order valence-corrected chi connectivity index (χ4v) is 3.32. The van der Waals surface area contributed by atoms with Gasteiger partial charge in [-0.3, -0.25) is 0 Å². The number of ether oxygens (including phenoxy) is 1.